The molecule has 35 heavy (non-hydrogen) atoms. The number of carbonyl (C=O) groups is 2. The summed E-state index contributed by atoms with van der Waals surface area (Å²) in [7, 11) is 0. The average molecular weight is 497 g/mol. The van der Waals surface area contributed by atoms with Crippen molar-refractivity contribution < 1.29 is 24.5 Å². The Morgan fingerprint density at radius 2 is 1.03 bits per heavy atom. The van der Waals surface area contributed by atoms with Gasteiger partial charge in [0.2, 0.25) is 0 Å². The lowest BCUT2D eigenvalue weighted by Gasteiger charge is -2.15. The topological polar surface area (TPSA) is 83.8 Å². The molecule has 0 aromatic carbocycles. The van der Waals surface area contributed by atoms with Crippen LogP contribution < -0.4 is 0 Å². The molecule has 1 atom stereocenters. The molecule has 5 heteroatoms. The van der Waals surface area contributed by atoms with Gasteiger partial charge in [0, 0.05) is 6.42 Å². The lowest BCUT2D eigenvalue weighted by atomic mass is 10.0. The van der Waals surface area contributed by atoms with Crippen molar-refractivity contribution >= 4 is 11.9 Å². The summed E-state index contributed by atoms with van der Waals surface area (Å²) < 4.78 is 5.36. The lowest BCUT2D eigenvalue weighted by Crippen LogP contribution is -2.21. The normalized spacial score (nSPS) is 12.6. The first-order valence-electron chi connectivity index (χ1n) is 14.8. The van der Waals surface area contributed by atoms with Crippen LogP contribution in [0.1, 0.15) is 162 Å². The number of hydrogen-bond donors (Lipinski definition) is 2. The van der Waals surface area contributed by atoms with E-state index in [0.717, 1.165) is 44.6 Å². The minimum Gasteiger partial charge on any atom is -0.512 e. The molecule has 0 aliphatic rings. The van der Waals surface area contributed by atoms with Crippen LogP contribution in [0.4, 0.5) is 0 Å². The van der Waals surface area contributed by atoms with Gasteiger partial charge in [-0.2, -0.15) is 0 Å². The number of carboxylic acids is 1. The molecule has 0 radical (unpaired) electrons. The Balaban J connectivity index is 3.96. The Bertz CT molecular complexity index is 529. The molecule has 0 spiro atoms. The highest BCUT2D eigenvalue weighted by Gasteiger charge is 2.17. The summed E-state index contributed by atoms with van der Waals surface area (Å²) >= 11 is 0. The zero-order valence-electron chi connectivity index (χ0n) is 23.0. The van der Waals surface area contributed by atoms with E-state index in [-0.39, 0.29) is 12.2 Å². The van der Waals surface area contributed by atoms with Crippen LogP contribution in [0, 0.1) is 0 Å². The highest BCUT2D eigenvalue weighted by atomic mass is 16.5. The van der Waals surface area contributed by atoms with Crippen LogP contribution in [0.25, 0.3) is 0 Å². The Morgan fingerprint density at radius 1 is 0.629 bits per heavy atom. The molecule has 0 aliphatic carbocycles. The molecule has 0 aromatic rings. The largest absolute Gasteiger partial charge is 0.512 e. The fraction of sp³-hybridized carbons (Fsp3) is 0.867. The van der Waals surface area contributed by atoms with Gasteiger partial charge in [-0.15, -0.1) is 0 Å². The van der Waals surface area contributed by atoms with E-state index in [1.165, 1.54) is 89.9 Å². The summed E-state index contributed by atoms with van der Waals surface area (Å²) in [6.07, 6.45) is 25.6. The monoisotopic (exact) mass is 496 g/mol. The highest BCUT2D eigenvalue weighted by molar-refractivity contribution is 5.82. The molecule has 206 valence electrons. The number of esters is 1. The van der Waals surface area contributed by atoms with Gasteiger partial charge in [-0.25, -0.2) is 4.79 Å². The molecule has 0 fully saturated rings. The van der Waals surface area contributed by atoms with Crippen LogP contribution in [-0.4, -0.2) is 28.3 Å². The Labute approximate surface area is 216 Å². The number of allylic oxidation sites excluding steroid dienone is 1. The van der Waals surface area contributed by atoms with Gasteiger partial charge in [0.1, 0.15) is 6.10 Å². The zero-order valence-corrected chi connectivity index (χ0v) is 23.0. The molecule has 0 aromatic heterocycles. The minimum atomic E-state index is -0.964. The molecule has 0 aliphatic heterocycles. The van der Waals surface area contributed by atoms with Gasteiger partial charge in [-0.05, 0) is 19.3 Å². The van der Waals surface area contributed by atoms with Gasteiger partial charge in [0.25, 0.3) is 0 Å². The SMILES string of the molecule is CCCCCCCCCCCCCC(CC(=O)O)OC(=O)C=C(O)CCCCCCCCCCC. The summed E-state index contributed by atoms with van der Waals surface area (Å²) in [5.41, 5.74) is 0. The fourth-order valence-corrected chi connectivity index (χ4v) is 4.46. The smallest absolute Gasteiger partial charge is 0.334 e. The van der Waals surface area contributed by atoms with Crippen LogP contribution in [0.15, 0.2) is 11.8 Å². The first kappa shape index (κ1) is 33.5. The molecular formula is C30H56O5. The van der Waals surface area contributed by atoms with Crippen LogP contribution in [0.2, 0.25) is 0 Å². The standard InChI is InChI=1S/C30H56O5/c1-3-5-7-9-11-13-14-16-18-20-22-24-28(26-29(32)33)35-30(34)25-27(31)23-21-19-17-15-12-10-8-6-4-2/h25,28,31H,3-24,26H2,1-2H3,(H,32,33). The summed E-state index contributed by atoms with van der Waals surface area (Å²) in [4.78, 5) is 23.3. The van der Waals surface area contributed by atoms with Crippen LogP contribution in [0.5, 0.6) is 0 Å². The van der Waals surface area contributed by atoms with E-state index in [4.69, 9.17) is 9.84 Å². The molecule has 0 amide bonds. The van der Waals surface area contributed by atoms with E-state index in [1.807, 2.05) is 0 Å². The predicted octanol–water partition coefficient (Wildman–Crippen LogP) is 9.44. The van der Waals surface area contributed by atoms with Crippen LogP contribution in [-0.2, 0) is 14.3 Å². The number of carbonyl (C=O) groups excluding carboxylic acids is 1. The average Bonchev–Trinajstić information content (AvgIpc) is 2.81. The van der Waals surface area contributed by atoms with Crippen molar-refractivity contribution in [1.29, 1.82) is 0 Å². The van der Waals surface area contributed by atoms with Gasteiger partial charge in [0.15, 0.2) is 0 Å². The first-order chi connectivity index (χ1) is 17.0. The molecule has 0 saturated heterocycles. The van der Waals surface area contributed by atoms with E-state index < -0.39 is 18.0 Å². The second kappa shape index (κ2) is 25.6. The van der Waals surface area contributed by atoms with E-state index in [2.05, 4.69) is 13.8 Å². The van der Waals surface area contributed by atoms with Crippen molar-refractivity contribution in [2.24, 2.45) is 0 Å². The van der Waals surface area contributed by atoms with Gasteiger partial charge in [-0.3, -0.25) is 4.79 Å². The molecule has 0 saturated carbocycles. The molecule has 5 nitrogen and oxygen atoms in total. The molecule has 0 bridgehead atoms. The van der Waals surface area contributed by atoms with Gasteiger partial charge >= 0.3 is 11.9 Å². The van der Waals surface area contributed by atoms with Crippen molar-refractivity contribution in [2.45, 2.75) is 168 Å². The second-order valence-electron chi connectivity index (χ2n) is 10.2. The van der Waals surface area contributed by atoms with Crippen molar-refractivity contribution in [3.05, 3.63) is 11.8 Å². The maximum Gasteiger partial charge on any atom is 0.334 e. The number of hydrogen-bond acceptors (Lipinski definition) is 4. The van der Waals surface area contributed by atoms with Gasteiger partial charge in [0.05, 0.1) is 18.3 Å². The lowest BCUT2D eigenvalue weighted by molar-refractivity contribution is -0.148. The predicted molar refractivity (Wildman–Crippen MR) is 146 cm³/mol. The van der Waals surface area contributed by atoms with Crippen molar-refractivity contribution in [1.82, 2.24) is 0 Å². The second-order valence-corrected chi connectivity index (χ2v) is 10.2. The third-order valence-electron chi connectivity index (χ3n) is 6.64. The minimum absolute atomic E-state index is 0.0294. The quantitative estimate of drug-likeness (QED) is 0.0539. The molecule has 0 rings (SSSR count). The molecule has 2 N–H and O–H groups in total. The van der Waals surface area contributed by atoms with E-state index in [1.54, 1.807) is 0 Å². The van der Waals surface area contributed by atoms with Crippen LogP contribution >= 0.6 is 0 Å². The van der Waals surface area contributed by atoms with Crippen molar-refractivity contribution in [3.63, 3.8) is 0 Å². The number of unbranched alkanes of at least 4 members (excludes halogenated alkanes) is 18. The van der Waals surface area contributed by atoms with Gasteiger partial charge < -0.3 is 14.9 Å². The number of carboxylic acid groups (broad SMARTS) is 1. The van der Waals surface area contributed by atoms with Crippen molar-refractivity contribution in [3.8, 4) is 0 Å². The van der Waals surface area contributed by atoms with Crippen LogP contribution in [0.3, 0.4) is 0 Å². The highest BCUT2D eigenvalue weighted by Crippen LogP contribution is 2.16. The zero-order chi connectivity index (χ0) is 26.0. The molecular weight excluding hydrogens is 440 g/mol. The Hall–Kier alpha value is -1.52. The summed E-state index contributed by atoms with van der Waals surface area (Å²) in [5.74, 6) is -1.57. The maximum absolute atomic E-state index is 12.2. The van der Waals surface area contributed by atoms with E-state index in [9.17, 15) is 14.7 Å². The van der Waals surface area contributed by atoms with Crippen molar-refractivity contribution in [2.75, 3.05) is 0 Å². The van der Waals surface area contributed by atoms with E-state index >= 15 is 0 Å². The molecule has 1 unspecified atom stereocenters. The van der Waals surface area contributed by atoms with Gasteiger partial charge in [-0.1, -0.05) is 129 Å². The number of aliphatic hydroxyl groups excluding tert-OH is 1. The number of rotatable bonds is 26. The Kier molecular flexibility index (Phi) is 24.5. The fourth-order valence-electron chi connectivity index (χ4n) is 4.46. The summed E-state index contributed by atoms with van der Waals surface area (Å²) in [6.45, 7) is 4.46. The molecule has 0 heterocycles. The summed E-state index contributed by atoms with van der Waals surface area (Å²) in [6, 6.07) is 0. The maximum atomic E-state index is 12.2. The van der Waals surface area contributed by atoms with E-state index in [0.29, 0.717) is 12.8 Å². The number of aliphatic hydroxyl groups is 1. The summed E-state index contributed by atoms with van der Waals surface area (Å²) in [5, 5.41) is 19.2. The third-order valence-corrected chi connectivity index (χ3v) is 6.64. The Morgan fingerprint density at radius 3 is 1.46 bits per heavy atom. The first-order valence-corrected chi connectivity index (χ1v) is 14.8. The number of ether oxygens (including phenoxy) is 1. The number of aliphatic carboxylic acids is 1. The third kappa shape index (κ3) is 25.4.